The molecule has 13 heteroatoms. The molecule has 0 spiro atoms. The summed E-state index contributed by atoms with van der Waals surface area (Å²) in [7, 11) is -1.59. The van der Waals surface area contributed by atoms with Crippen LogP contribution in [-0.2, 0) is 39.9 Å². The van der Waals surface area contributed by atoms with Crippen LogP contribution in [-0.4, -0.2) is 84.6 Å². The molecule has 12 nitrogen and oxygen atoms in total. The van der Waals surface area contributed by atoms with Gasteiger partial charge in [0.2, 0.25) is 0 Å². The molecule has 236 valence electrons. The average molecular weight is 611 g/mol. The minimum atomic E-state index is -1.68. The monoisotopic (exact) mass is 610 g/mol. The van der Waals surface area contributed by atoms with Gasteiger partial charge in [-0.3, -0.25) is 9.69 Å². The maximum Gasteiger partial charge on any atom is 0.411 e. The largest absolute Gasteiger partial charge is 0.481 e. The van der Waals surface area contributed by atoms with Gasteiger partial charge in [-0.15, -0.1) is 0 Å². The van der Waals surface area contributed by atoms with Crippen LogP contribution in [0.1, 0.15) is 53.5 Å². The van der Waals surface area contributed by atoms with Crippen LogP contribution in [0.3, 0.4) is 0 Å². The first-order valence-electron chi connectivity index (χ1n) is 13.7. The molecule has 0 aliphatic rings. The number of benzene rings is 1. The van der Waals surface area contributed by atoms with Crippen molar-refractivity contribution in [3.05, 3.63) is 35.9 Å². The average Bonchev–Trinajstić information content (AvgIpc) is 2.81. The van der Waals surface area contributed by atoms with E-state index < -0.39 is 74.4 Å². The first-order valence-corrected chi connectivity index (χ1v) is 17.5. The number of aliphatic carboxylic acids is 1. The molecule has 0 aromatic heterocycles. The lowest BCUT2D eigenvalue weighted by Gasteiger charge is -2.35. The van der Waals surface area contributed by atoms with Gasteiger partial charge in [0.05, 0.1) is 19.6 Å². The second-order valence-electron chi connectivity index (χ2n) is 13.0. The van der Waals surface area contributed by atoms with Gasteiger partial charge >= 0.3 is 30.1 Å². The van der Waals surface area contributed by atoms with E-state index in [9.17, 15) is 29.1 Å². The molecule has 2 N–H and O–H groups in total. The highest BCUT2D eigenvalue weighted by Crippen LogP contribution is 2.19. The molecule has 0 saturated heterocycles. The molecule has 0 saturated carbocycles. The van der Waals surface area contributed by atoms with E-state index in [0.29, 0.717) is 11.6 Å². The van der Waals surface area contributed by atoms with Crippen molar-refractivity contribution < 1.29 is 48.0 Å². The van der Waals surface area contributed by atoms with Crippen molar-refractivity contribution >= 4 is 38.2 Å². The SMILES string of the molecule is CC(C)(C)OC(=O)C(CC(=O)O)N(CC(NC(=O)OCc1ccccc1)C(=O)OCC[Si](C)(C)C)C(=O)OC(C)(C)C. The summed E-state index contributed by atoms with van der Waals surface area (Å²) in [5.74, 6) is -3.31. The number of alkyl carbamates (subject to hydrolysis) is 1. The topological polar surface area (TPSA) is 158 Å². The fraction of sp³-hybridized carbons (Fsp3) is 0.621. The second-order valence-corrected chi connectivity index (χ2v) is 18.6. The van der Waals surface area contributed by atoms with Gasteiger partial charge in [-0.05, 0) is 53.1 Å². The van der Waals surface area contributed by atoms with Crippen LogP contribution in [0.25, 0.3) is 0 Å². The van der Waals surface area contributed by atoms with Crippen LogP contribution in [0.4, 0.5) is 9.59 Å². The Hall–Kier alpha value is -3.61. The fourth-order valence-electron chi connectivity index (χ4n) is 3.35. The van der Waals surface area contributed by atoms with E-state index in [1.165, 1.54) is 0 Å². The molecule has 0 bridgehead atoms. The van der Waals surface area contributed by atoms with Crippen LogP contribution in [0.5, 0.6) is 0 Å². The lowest BCUT2D eigenvalue weighted by atomic mass is 10.1. The van der Waals surface area contributed by atoms with Crippen molar-refractivity contribution in [2.45, 2.75) is 104 Å². The summed E-state index contributed by atoms with van der Waals surface area (Å²) in [4.78, 5) is 65.1. The van der Waals surface area contributed by atoms with Crippen molar-refractivity contribution in [3.8, 4) is 0 Å². The lowest BCUT2D eigenvalue weighted by Crippen LogP contribution is -2.57. The van der Waals surface area contributed by atoms with Crippen molar-refractivity contribution in [1.29, 1.82) is 0 Å². The molecule has 2 unspecified atom stereocenters. The van der Waals surface area contributed by atoms with Crippen LogP contribution < -0.4 is 5.32 Å². The van der Waals surface area contributed by atoms with Gasteiger partial charge in [0, 0.05) is 8.07 Å². The Morgan fingerprint density at radius 3 is 1.95 bits per heavy atom. The highest BCUT2D eigenvalue weighted by Gasteiger charge is 2.40. The smallest absolute Gasteiger partial charge is 0.411 e. The highest BCUT2D eigenvalue weighted by atomic mass is 28.3. The quantitative estimate of drug-likeness (QED) is 0.184. The maximum atomic E-state index is 13.4. The number of ether oxygens (including phenoxy) is 4. The Balaban J connectivity index is 3.39. The Morgan fingerprint density at radius 1 is 0.881 bits per heavy atom. The van der Waals surface area contributed by atoms with Crippen LogP contribution in [0.15, 0.2) is 30.3 Å². The molecular weight excluding hydrogens is 564 g/mol. The van der Waals surface area contributed by atoms with Gasteiger partial charge in [-0.2, -0.15) is 0 Å². The molecule has 0 aliphatic carbocycles. The van der Waals surface area contributed by atoms with Crippen molar-refractivity contribution in [2.24, 2.45) is 0 Å². The van der Waals surface area contributed by atoms with E-state index in [2.05, 4.69) is 25.0 Å². The van der Waals surface area contributed by atoms with E-state index in [4.69, 9.17) is 18.9 Å². The van der Waals surface area contributed by atoms with Gasteiger partial charge in [-0.1, -0.05) is 50.0 Å². The number of hydrogen-bond donors (Lipinski definition) is 2. The number of carboxylic acid groups (broad SMARTS) is 1. The van der Waals surface area contributed by atoms with Crippen molar-refractivity contribution in [3.63, 3.8) is 0 Å². The Kier molecular flexibility index (Phi) is 13.5. The number of rotatable bonds is 13. The zero-order valence-electron chi connectivity index (χ0n) is 26.1. The Labute approximate surface area is 249 Å². The third kappa shape index (κ3) is 15.4. The van der Waals surface area contributed by atoms with E-state index >= 15 is 0 Å². The predicted octanol–water partition coefficient (Wildman–Crippen LogP) is 4.58. The summed E-state index contributed by atoms with van der Waals surface area (Å²) in [6.45, 7) is 15.1. The number of carboxylic acids is 1. The molecule has 1 aromatic rings. The normalized spacial score (nSPS) is 13.3. The van der Waals surface area contributed by atoms with E-state index in [1.54, 1.807) is 71.9 Å². The van der Waals surface area contributed by atoms with Crippen LogP contribution in [0.2, 0.25) is 25.7 Å². The summed E-state index contributed by atoms with van der Waals surface area (Å²) in [5, 5.41) is 12.0. The first-order chi connectivity index (χ1) is 19.2. The van der Waals surface area contributed by atoms with Crippen molar-refractivity contribution in [2.75, 3.05) is 13.2 Å². The zero-order chi connectivity index (χ0) is 32.3. The molecule has 0 fully saturated rings. The summed E-state index contributed by atoms with van der Waals surface area (Å²) < 4.78 is 21.6. The number of nitrogens with zero attached hydrogens (tertiary/aromatic N) is 1. The van der Waals surface area contributed by atoms with Gasteiger partial charge in [0.15, 0.2) is 0 Å². The van der Waals surface area contributed by atoms with Gasteiger partial charge in [0.25, 0.3) is 0 Å². The molecular formula is C29H46N2O10Si. The number of carbonyl (C=O) groups excluding carboxylic acids is 4. The van der Waals surface area contributed by atoms with E-state index in [-0.39, 0.29) is 13.2 Å². The third-order valence-corrected chi connectivity index (χ3v) is 7.02. The third-order valence-electron chi connectivity index (χ3n) is 5.32. The molecule has 0 radical (unpaired) electrons. The molecule has 0 aliphatic heterocycles. The zero-order valence-corrected chi connectivity index (χ0v) is 27.1. The number of hydrogen-bond acceptors (Lipinski definition) is 9. The number of amides is 2. The number of carbonyl (C=O) groups is 5. The van der Waals surface area contributed by atoms with Crippen LogP contribution >= 0.6 is 0 Å². The van der Waals surface area contributed by atoms with Gasteiger partial charge in [0.1, 0.15) is 29.9 Å². The number of nitrogens with one attached hydrogen (secondary N) is 1. The molecule has 1 aromatic carbocycles. The molecule has 2 amide bonds. The van der Waals surface area contributed by atoms with Gasteiger partial charge < -0.3 is 29.4 Å². The Morgan fingerprint density at radius 2 is 1.45 bits per heavy atom. The molecule has 1 rings (SSSR count). The molecule has 0 heterocycles. The summed E-state index contributed by atoms with van der Waals surface area (Å²) >= 11 is 0. The summed E-state index contributed by atoms with van der Waals surface area (Å²) in [6.07, 6.45) is -2.91. The van der Waals surface area contributed by atoms with Crippen molar-refractivity contribution in [1.82, 2.24) is 10.2 Å². The number of esters is 2. The predicted molar refractivity (Wildman–Crippen MR) is 157 cm³/mol. The summed E-state index contributed by atoms with van der Waals surface area (Å²) in [5.41, 5.74) is -1.35. The van der Waals surface area contributed by atoms with Crippen LogP contribution in [0, 0.1) is 0 Å². The minimum Gasteiger partial charge on any atom is -0.481 e. The van der Waals surface area contributed by atoms with E-state index in [1.807, 2.05) is 0 Å². The lowest BCUT2D eigenvalue weighted by molar-refractivity contribution is -0.165. The van der Waals surface area contributed by atoms with Gasteiger partial charge in [-0.25, -0.2) is 19.2 Å². The first kappa shape index (κ1) is 36.4. The fourth-order valence-corrected chi connectivity index (χ4v) is 4.06. The minimum absolute atomic E-state index is 0.0723. The highest BCUT2D eigenvalue weighted by molar-refractivity contribution is 6.76. The second kappa shape index (κ2) is 15.6. The standard InChI is InChI=1S/C29H46N2O10Si/c1-28(2,3)40-25(35)22(17-23(32)33)31(27(37)41-29(4,5)6)18-21(24(34)38-15-16-42(7,8)9)30-26(36)39-19-20-13-11-10-12-14-20/h10-14,21-22H,15-19H2,1-9H3,(H,30,36)(H,32,33). The molecule has 42 heavy (non-hydrogen) atoms. The Bertz CT molecular complexity index is 1070. The maximum absolute atomic E-state index is 13.4. The molecule has 2 atom stereocenters. The summed E-state index contributed by atoms with van der Waals surface area (Å²) in [6, 6.07) is 6.27. The van der Waals surface area contributed by atoms with E-state index in [0.717, 1.165) is 4.90 Å².